The minimum atomic E-state index is -0.0180. The molecule has 2 unspecified atom stereocenters. The molecule has 0 aliphatic rings. The van der Waals surface area contributed by atoms with E-state index in [-0.39, 0.29) is 12.0 Å². The Bertz CT molecular complexity index is 743. The molecule has 2 atom stereocenters. The van der Waals surface area contributed by atoms with Crippen molar-refractivity contribution in [2.24, 2.45) is 5.41 Å². The molecule has 2 aromatic rings. The van der Waals surface area contributed by atoms with Crippen LogP contribution in [0, 0.1) is 5.41 Å². The predicted molar refractivity (Wildman–Crippen MR) is 142 cm³/mol. The maximum atomic E-state index is 9.35. The molecule has 0 aliphatic carbocycles. The van der Waals surface area contributed by atoms with Crippen molar-refractivity contribution < 1.29 is 5.11 Å². The lowest BCUT2D eigenvalue weighted by Gasteiger charge is -2.22. The van der Waals surface area contributed by atoms with Gasteiger partial charge in [-0.1, -0.05) is 84.4 Å². The van der Waals surface area contributed by atoms with Gasteiger partial charge in [0.25, 0.3) is 0 Å². The van der Waals surface area contributed by atoms with E-state index >= 15 is 0 Å². The van der Waals surface area contributed by atoms with Crippen molar-refractivity contribution in [3.05, 3.63) is 69.8 Å². The first-order valence-electron chi connectivity index (χ1n) is 11.4. The molecule has 0 saturated carbocycles. The van der Waals surface area contributed by atoms with Gasteiger partial charge in [0.15, 0.2) is 0 Å². The van der Waals surface area contributed by atoms with E-state index in [1.807, 2.05) is 0 Å². The summed E-state index contributed by atoms with van der Waals surface area (Å²) in [6.45, 7) is 13.4. The van der Waals surface area contributed by atoms with Gasteiger partial charge in [-0.05, 0) is 76.3 Å². The Morgan fingerprint density at radius 2 is 1.30 bits per heavy atom. The van der Waals surface area contributed by atoms with Crippen LogP contribution in [0.25, 0.3) is 0 Å². The second-order valence-electron chi connectivity index (χ2n) is 9.41. The molecule has 0 saturated heterocycles. The van der Waals surface area contributed by atoms with E-state index in [1.54, 1.807) is 0 Å². The minimum absolute atomic E-state index is 0.0180. The highest BCUT2D eigenvalue weighted by molar-refractivity contribution is 7.15. The summed E-state index contributed by atoms with van der Waals surface area (Å²) < 4.78 is 0. The molecule has 2 aromatic carbocycles. The van der Waals surface area contributed by atoms with Crippen molar-refractivity contribution in [1.29, 1.82) is 0 Å². The Morgan fingerprint density at radius 1 is 0.800 bits per heavy atom. The van der Waals surface area contributed by atoms with Crippen molar-refractivity contribution in [2.45, 2.75) is 85.5 Å². The maximum Gasteiger partial charge on any atom is 0.0485 e. The van der Waals surface area contributed by atoms with Gasteiger partial charge >= 0.3 is 0 Å². The van der Waals surface area contributed by atoms with Crippen LogP contribution in [0.1, 0.15) is 87.3 Å². The smallest absolute Gasteiger partial charge is 0.0485 e. The summed E-state index contributed by atoms with van der Waals surface area (Å²) in [4.78, 5) is 0. The molecule has 0 amide bonds. The van der Waals surface area contributed by atoms with Crippen molar-refractivity contribution in [3.8, 4) is 0 Å². The standard InChI is InChI=1S/C16H26O.C11H18P2/c1-5-7-14-8-13(6-2)9-15(10-14)11-16(3,4)12-17;1-8(2)11-4-9(6-12)3-10(5-11)7-13/h8-10,17H,5-7,11-12H2,1-4H3;3-5,8H,6-7,12-13H2,1-2H3. The van der Waals surface area contributed by atoms with Crippen LogP contribution in [0.5, 0.6) is 0 Å². The Balaban J connectivity index is 0.000000311. The van der Waals surface area contributed by atoms with Crippen LogP contribution in [0.2, 0.25) is 0 Å². The highest BCUT2D eigenvalue weighted by Gasteiger charge is 2.17. The van der Waals surface area contributed by atoms with Gasteiger partial charge in [-0.2, -0.15) is 0 Å². The minimum Gasteiger partial charge on any atom is -0.396 e. The third-order valence-electron chi connectivity index (χ3n) is 5.38. The molecule has 1 N–H and O–H groups in total. The Hall–Kier alpha value is -0.740. The number of hydrogen-bond acceptors (Lipinski definition) is 1. The zero-order valence-electron chi connectivity index (χ0n) is 20.1. The molecular formula is C27H44OP2. The van der Waals surface area contributed by atoms with Gasteiger partial charge in [-0.15, -0.1) is 18.5 Å². The quantitative estimate of drug-likeness (QED) is 0.400. The second-order valence-corrected chi connectivity index (χ2v) is 10.2. The molecule has 0 aliphatic heterocycles. The molecule has 1 nitrogen and oxygen atoms in total. The lowest BCUT2D eigenvalue weighted by Crippen LogP contribution is -2.19. The highest BCUT2D eigenvalue weighted by atomic mass is 31.0. The van der Waals surface area contributed by atoms with E-state index < -0.39 is 0 Å². The third-order valence-corrected chi connectivity index (χ3v) is 6.33. The summed E-state index contributed by atoms with van der Waals surface area (Å²) in [5.41, 5.74) is 8.51. The summed E-state index contributed by atoms with van der Waals surface area (Å²) in [5.74, 6) is 0.631. The highest BCUT2D eigenvalue weighted by Crippen LogP contribution is 2.24. The van der Waals surface area contributed by atoms with E-state index in [4.69, 9.17) is 0 Å². The predicted octanol–water partition coefficient (Wildman–Crippen LogP) is 7.32. The number of benzene rings is 2. The summed E-state index contributed by atoms with van der Waals surface area (Å²) >= 11 is 0. The van der Waals surface area contributed by atoms with Crippen molar-refractivity contribution in [2.75, 3.05) is 6.61 Å². The van der Waals surface area contributed by atoms with Gasteiger partial charge in [-0.3, -0.25) is 0 Å². The molecule has 168 valence electrons. The Kier molecular flexibility index (Phi) is 12.4. The van der Waals surface area contributed by atoms with Crippen LogP contribution >= 0.6 is 18.5 Å². The van der Waals surface area contributed by atoms with Crippen molar-refractivity contribution in [1.82, 2.24) is 0 Å². The third kappa shape index (κ3) is 9.60. The van der Waals surface area contributed by atoms with Crippen LogP contribution < -0.4 is 0 Å². The Labute approximate surface area is 190 Å². The number of aryl methyl sites for hydroxylation is 2. The summed E-state index contributed by atoms with van der Waals surface area (Å²) in [5, 5.41) is 9.35. The van der Waals surface area contributed by atoms with Gasteiger partial charge in [0.05, 0.1) is 0 Å². The van der Waals surface area contributed by atoms with E-state index in [0.29, 0.717) is 5.92 Å². The SMILES string of the molecule is CC(C)c1cc(CP)cc(CP)c1.CCCc1cc(CC)cc(CC(C)(C)CO)c1. The van der Waals surface area contributed by atoms with E-state index in [1.165, 1.54) is 39.8 Å². The molecule has 0 radical (unpaired) electrons. The monoisotopic (exact) mass is 446 g/mol. The first-order valence-corrected chi connectivity index (χ1v) is 13.1. The first kappa shape index (κ1) is 27.3. The maximum absolute atomic E-state index is 9.35. The molecule has 3 heteroatoms. The van der Waals surface area contributed by atoms with Gasteiger partial charge in [0, 0.05) is 6.61 Å². The normalized spacial score (nSPS) is 11.4. The van der Waals surface area contributed by atoms with Crippen molar-refractivity contribution in [3.63, 3.8) is 0 Å². The molecule has 0 bridgehead atoms. The van der Waals surface area contributed by atoms with Crippen LogP contribution in [0.15, 0.2) is 36.4 Å². The molecule has 0 aromatic heterocycles. The average Bonchev–Trinajstić information content (AvgIpc) is 2.73. The van der Waals surface area contributed by atoms with Crippen LogP contribution in [0.4, 0.5) is 0 Å². The fourth-order valence-corrected chi connectivity index (χ4v) is 4.02. The molecule has 30 heavy (non-hydrogen) atoms. The molecule has 0 spiro atoms. The fraction of sp³-hybridized carbons (Fsp3) is 0.556. The molecule has 0 heterocycles. The zero-order chi connectivity index (χ0) is 22.7. The number of aliphatic hydroxyl groups is 1. The topological polar surface area (TPSA) is 20.2 Å². The van der Waals surface area contributed by atoms with Gasteiger partial charge in [0.2, 0.25) is 0 Å². The van der Waals surface area contributed by atoms with Crippen molar-refractivity contribution >= 4 is 18.5 Å². The summed E-state index contributed by atoms with van der Waals surface area (Å²) in [6.07, 6.45) is 6.49. The number of rotatable bonds is 9. The lowest BCUT2D eigenvalue weighted by molar-refractivity contribution is 0.159. The average molecular weight is 447 g/mol. The van der Waals surface area contributed by atoms with E-state index in [0.717, 1.165) is 31.6 Å². The van der Waals surface area contributed by atoms with Crippen LogP contribution in [0.3, 0.4) is 0 Å². The number of hydrogen-bond donors (Lipinski definition) is 1. The van der Waals surface area contributed by atoms with Crippen LogP contribution in [-0.4, -0.2) is 11.7 Å². The molecule has 2 rings (SSSR count). The van der Waals surface area contributed by atoms with E-state index in [9.17, 15) is 5.11 Å². The molecule has 0 fully saturated rings. The van der Waals surface area contributed by atoms with Crippen LogP contribution in [-0.2, 0) is 31.6 Å². The second kappa shape index (κ2) is 13.6. The summed E-state index contributed by atoms with van der Waals surface area (Å²) in [6, 6.07) is 13.8. The largest absolute Gasteiger partial charge is 0.396 e. The van der Waals surface area contributed by atoms with E-state index in [2.05, 4.69) is 96.4 Å². The van der Waals surface area contributed by atoms with Gasteiger partial charge in [-0.25, -0.2) is 0 Å². The zero-order valence-corrected chi connectivity index (χ0v) is 22.4. The molecular weight excluding hydrogens is 402 g/mol. The lowest BCUT2D eigenvalue weighted by atomic mass is 9.85. The first-order chi connectivity index (χ1) is 14.2. The summed E-state index contributed by atoms with van der Waals surface area (Å²) in [7, 11) is 5.57. The fourth-order valence-electron chi connectivity index (χ4n) is 3.55. The van der Waals surface area contributed by atoms with Gasteiger partial charge in [0.1, 0.15) is 0 Å². The number of aliphatic hydroxyl groups excluding tert-OH is 1. The van der Waals surface area contributed by atoms with Gasteiger partial charge < -0.3 is 5.11 Å². The Morgan fingerprint density at radius 3 is 1.73 bits per heavy atom.